The van der Waals surface area contributed by atoms with E-state index in [2.05, 4.69) is 10.3 Å². The maximum Gasteiger partial charge on any atom is 0.114 e. The first kappa shape index (κ1) is 11.1. The number of aryl methyl sites for hydroxylation is 1. The van der Waals surface area contributed by atoms with Crippen molar-refractivity contribution < 1.29 is 10.2 Å². The molecule has 0 unspecified atom stereocenters. The Hall–Kier alpha value is -0.940. The van der Waals surface area contributed by atoms with Crippen LogP contribution in [0.15, 0.2) is 6.20 Å². The summed E-state index contributed by atoms with van der Waals surface area (Å²) in [5.41, 5.74) is -0.364. The Morgan fingerprint density at radius 1 is 1.43 bits per heavy atom. The number of hydrogen-bond donors (Lipinski definition) is 2. The number of nitrogens with zero attached hydrogens (tertiary/aromatic N) is 3. The third-order valence-electron chi connectivity index (χ3n) is 1.96. The monoisotopic (exact) mass is 199 g/mol. The van der Waals surface area contributed by atoms with Gasteiger partial charge in [0.2, 0.25) is 0 Å². The van der Waals surface area contributed by atoms with Crippen molar-refractivity contribution in [2.75, 3.05) is 6.61 Å². The molecule has 1 aromatic rings. The average Bonchev–Trinajstić information content (AvgIpc) is 2.52. The molecular weight excluding hydrogens is 182 g/mol. The summed E-state index contributed by atoms with van der Waals surface area (Å²) in [6.45, 7) is 4.28. The van der Waals surface area contributed by atoms with Crippen LogP contribution in [0.5, 0.6) is 0 Å². The predicted molar refractivity (Wildman–Crippen MR) is 51.6 cm³/mol. The van der Waals surface area contributed by atoms with Crippen LogP contribution in [0.1, 0.15) is 32.4 Å². The molecule has 0 aliphatic heterocycles. The van der Waals surface area contributed by atoms with Crippen LogP contribution in [0.25, 0.3) is 0 Å². The van der Waals surface area contributed by atoms with Gasteiger partial charge in [-0.2, -0.15) is 0 Å². The van der Waals surface area contributed by atoms with Gasteiger partial charge in [-0.15, -0.1) is 5.10 Å². The van der Waals surface area contributed by atoms with Gasteiger partial charge in [0.25, 0.3) is 0 Å². The van der Waals surface area contributed by atoms with Gasteiger partial charge in [0.05, 0.1) is 6.20 Å². The molecule has 0 aromatic carbocycles. The molecule has 80 valence electrons. The fourth-order valence-corrected chi connectivity index (χ4v) is 1.07. The minimum Gasteiger partial charge on any atom is -0.396 e. The Kier molecular flexibility index (Phi) is 3.60. The summed E-state index contributed by atoms with van der Waals surface area (Å²) in [6, 6.07) is 0. The summed E-state index contributed by atoms with van der Waals surface area (Å²) in [6.07, 6.45) is 3.36. The lowest BCUT2D eigenvalue weighted by atomic mass is 10.1. The van der Waals surface area contributed by atoms with E-state index in [9.17, 15) is 5.11 Å². The SMILES string of the molecule is CC(C)(O)c1cn(CCCCO)nn1. The molecule has 1 rings (SSSR count). The van der Waals surface area contributed by atoms with Crippen LogP contribution >= 0.6 is 0 Å². The predicted octanol–water partition coefficient (Wildman–Crippen LogP) is 0.278. The van der Waals surface area contributed by atoms with Gasteiger partial charge in [0.15, 0.2) is 0 Å². The summed E-state index contributed by atoms with van der Waals surface area (Å²) < 4.78 is 1.68. The number of aliphatic hydroxyl groups excluding tert-OH is 1. The Morgan fingerprint density at radius 2 is 2.14 bits per heavy atom. The first-order valence-corrected chi connectivity index (χ1v) is 4.78. The van der Waals surface area contributed by atoms with Gasteiger partial charge in [-0.25, -0.2) is 0 Å². The molecule has 0 aliphatic rings. The second kappa shape index (κ2) is 4.52. The van der Waals surface area contributed by atoms with Gasteiger partial charge in [0.1, 0.15) is 11.3 Å². The standard InChI is InChI=1S/C9H17N3O2/c1-9(2,14)8-7-12(11-10-8)5-3-4-6-13/h7,13-14H,3-6H2,1-2H3. The fraction of sp³-hybridized carbons (Fsp3) is 0.778. The second-order valence-electron chi connectivity index (χ2n) is 3.86. The van der Waals surface area contributed by atoms with Crippen molar-refractivity contribution >= 4 is 0 Å². The molecule has 5 heteroatoms. The van der Waals surface area contributed by atoms with Crippen molar-refractivity contribution in [3.63, 3.8) is 0 Å². The highest BCUT2D eigenvalue weighted by Crippen LogP contribution is 2.15. The third kappa shape index (κ3) is 3.08. The summed E-state index contributed by atoms with van der Waals surface area (Å²) in [4.78, 5) is 0. The summed E-state index contributed by atoms with van der Waals surface area (Å²) in [5.74, 6) is 0. The molecule has 0 bridgehead atoms. The molecule has 2 N–H and O–H groups in total. The van der Waals surface area contributed by atoms with E-state index in [1.165, 1.54) is 0 Å². The summed E-state index contributed by atoms with van der Waals surface area (Å²) in [7, 11) is 0. The van der Waals surface area contributed by atoms with Crippen LogP contribution in [0.2, 0.25) is 0 Å². The van der Waals surface area contributed by atoms with Gasteiger partial charge in [0, 0.05) is 13.2 Å². The molecule has 14 heavy (non-hydrogen) atoms. The van der Waals surface area contributed by atoms with E-state index in [0.29, 0.717) is 5.69 Å². The van der Waals surface area contributed by atoms with E-state index < -0.39 is 5.60 Å². The second-order valence-corrected chi connectivity index (χ2v) is 3.86. The van der Waals surface area contributed by atoms with Crippen LogP contribution in [-0.2, 0) is 12.1 Å². The molecule has 0 aliphatic carbocycles. The Morgan fingerprint density at radius 3 is 2.64 bits per heavy atom. The molecule has 0 saturated carbocycles. The summed E-state index contributed by atoms with van der Waals surface area (Å²) >= 11 is 0. The Balaban J connectivity index is 2.51. The lowest BCUT2D eigenvalue weighted by molar-refractivity contribution is 0.0737. The quantitative estimate of drug-likeness (QED) is 0.668. The van der Waals surface area contributed by atoms with Crippen molar-refractivity contribution in [2.45, 2.75) is 38.8 Å². The van der Waals surface area contributed by atoms with E-state index in [0.717, 1.165) is 19.4 Å². The molecule has 0 amide bonds. The van der Waals surface area contributed by atoms with E-state index in [4.69, 9.17) is 5.11 Å². The first-order chi connectivity index (χ1) is 6.54. The third-order valence-corrected chi connectivity index (χ3v) is 1.96. The van der Waals surface area contributed by atoms with Crippen LogP contribution < -0.4 is 0 Å². The van der Waals surface area contributed by atoms with Gasteiger partial charge < -0.3 is 10.2 Å². The maximum absolute atomic E-state index is 9.62. The molecule has 0 atom stereocenters. The topological polar surface area (TPSA) is 71.2 Å². The van der Waals surface area contributed by atoms with Gasteiger partial charge in [-0.1, -0.05) is 5.21 Å². The molecule has 0 fully saturated rings. The highest BCUT2D eigenvalue weighted by atomic mass is 16.3. The van der Waals surface area contributed by atoms with Crippen molar-refractivity contribution in [1.29, 1.82) is 0 Å². The summed E-state index contributed by atoms with van der Waals surface area (Å²) in [5, 5.41) is 26.0. The van der Waals surface area contributed by atoms with Crippen molar-refractivity contribution in [3.8, 4) is 0 Å². The van der Waals surface area contributed by atoms with E-state index in [1.54, 1.807) is 24.7 Å². The lowest BCUT2D eigenvalue weighted by Crippen LogP contribution is -2.15. The molecule has 1 heterocycles. The molecule has 1 aromatic heterocycles. The number of unbranched alkanes of at least 4 members (excludes halogenated alkanes) is 1. The number of aliphatic hydroxyl groups is 2. The van der Waals surface area contributed by atoms with Gasteiger partial charge in [-0.3, -0.25) is 4.68 Å². The molecule has 0 spiro atoms. The fourth-order valence-electron chi connectivity index (χ4n) is 1.07. The van der Waals surface area contributed by atoms with E-state index in [-0.39, 0.29) is 6.61 Å². The minimum atomic E-state index is -0.935. The molecule has 0 saturated heterocycles. The Bertz CT molecular complexity index is 278. The van der Waals surface area contributed by atoms with Crippen LogP contribution in [0, 0.1) is 0 Å². The zero-order valence-electron chi connectivity index (χ0n) is 8.64. The van der Waals surface area contributed by atoms with Crippen molar-refractivity contribution in [2.24, 2.45) is 0 Å². The lowest BCUT2D eigenvalue weighted by Gasteiger charge is -2.11. The normalized spacial score (nSPS) is 12.0. The largest absolute Gasteiger partial charge is 0.396 e. The number of hydrogen-bond acceptors (Lipinski definition) is 4. The van der Waals surface area contributed by atoms with E-state index >= 15 is 0 Å². The zero-order valence-corrected chi connectivity index (χ0v) is 8.64. The van der Waals surface area contributed by atoms with Gasteiger partial charge >= 0.3 is 0 Å². The Labute approximate surface area is 83.4 Å². The zero-order chi connectivity index (χ0) is 10.6. The van der Waals surface area contributed by atoms with Crippen molar-refractivity contribution in [1.82, 2.24) is 15.0 Å². The molecular formula is C9H17N3O2. The molecule has 0 radical (unpaired) electrons. The van der Waals surface area contributed by atoms with Crippen LogP contribution in [-0.4, -0.2) is 31.8 Å². The van der Waals surface area contributed by atoms with Gasteiger partial charge in [-0.05, 0) is 26.7 Å². The van der Waals surface area contributed by atoms with Crippen LogP contribution in [0.3, 0.4) is 0 Å². The smallest absolute Gasteiger partial charge is 0.114 e. The number of rotatable bonds is 5. The first-order valence-electron chi connectivity index (χ1n) is 4.78. The maximum atomic E-state index is 9.62. The molecule has 5 nitrogen and oxygen atoms in total. The van der Waals surface area contributed by atoms with Crippen molar-refractivity contribution in [3.05, 3.63) is 11.9 Å². The average molecular weight is 199 g/mol. The highest BCUT2D eigenvalue weighted by molar-refractivity contribution is 5.02. The highest BCUT2D eigenvalue weighted by Gasteiger charge is 2.19. The van der Waals surface area contributed by atoms with Crippen LogP contribution in [0.4, 0.5) is 0 Å². The number of aromatic nitrogens is 3. The van der Waals surface area contributed by atoms with E-state index in [1.807, 2.05) is 0 Å². The minimum absolute atomic E-state index is 0.201.